The highest BCUT2D eigenvalue weighted by molar-refractivity contribution is 8.07. The fourth-order valence-electron chi connectivity index (χ4n) is 5.34. The van der Waals surface area contributed by atoms with Crippen molar-refractivity contribution in [1.82, 2.24) is 29.7 Å². The number of aromatic nitrogens is 4. The zero-order valence-corrected chi connectivity index (χ0v) is 24.9. The number of ether oxygens (including phenoxy) is 2. The van der Waals surface area contributed by atoms with E-state index in [0.29, 0.717) is 0 Å². The van der Waals surface area contributed by atoms with Crippen LogP contribution in [0.25, 0.3) is 11.2 Å². The van der Waals surface area contributed by atoms with Gasteiger partial charge in [-0.15, -0.1) is 0 Å². The number of anilines is 1. The van der Waals surface area contributed by atoms with Crippen molar-refractivity contribution in [3.63, 3.8) is 0 Å². The number of imidazole rings is 1. The Morgan fingerprint density at radius 1 is 1.07 bits per heavy atom. The van der Waals surface area contributed by atoms with Crippen LogP contribution in [0.2, 0.25) is 0 Å². The number of aliphatic imine (C=N–C) groups is 2. The first-order valence-corrected chi connectivity index (χ1v) is 17.0. The van der Waals surface area contributed by atoms with Crippen LogP contribution in [-0.2, 0) is 48.7 Å². The van der Waals surface area contributed by atoms with Gasteiger partial charge in [0.1, 0.15) is 36.3 Å². The highest BCUT2D eigenvalue weighted by Crippen LogP contribution is 2.53. The molecule has 2 bridgehead atoms. The molecule has 242 valence electrons. The van der Waals surface area contributed by atoms with Gasteiger partial charge in [0.25, 0.3) is 5.91 Å². The van der Waals surface area contributed by atoms with Gasteiger partial charge in [-0.1, -0.05) is 0 Å². The molecule has 45 heavy (non-hydrogen) atoms. The summed E-state index contributed by atoms with van der Waals surface area (Å²) in [7, 11) is -5.19. The van der Waals surface area contributed by atoms with Gasteiger partial charge in [0.05, 0.1) is 25.9 Å². The molecule has 7 rings (SSSR count). The second kappa shape index (κ2) is 11.1. The molecule has 0 radical (unpaired) electrons. The van der Waals surface area contributed by atoms with Crippen LogP contribution in [0.5, 0.6) is 0 Å². The number of hydrogen-bond donors (Lipinski definition) is 5. The topological polar surface area (TPSA) is 263 Å². The first-order chi connectivity index (χ1) is 21.3. The van der Waals surface area contributed by atoms with E-state index in [4.69, 9.17) is 50.5 Å². The van der Waals surface area contributed by atoms with Gasteiger partial charge < -0.3 is 29.5 Å². The van der Waals surface area contributed by atoms with Gasteiger partial charge in [-0.2, -0.15) is 4.99 Å². The smallest absolute Gasteiger partial charge is 0.382 e. The predicted molar refractivity (Wildman–Crippen MR) is 148 cm³/mol. The maximum absolute atomic E-state index is 15.9. The third-order valence-corrected chi connectivity index (χ3v) is 9.89. The number of fused-ring (bicyclic) bond motifs is 5. The van der Waals surface area contributed by atoms with Gasteiger partial charge in [0.15, 0.2) is 48.1 Å². The quantitative estimate of drug-likeness (QED) is 0.237. The molecule has 0 spiro atoms. The summed E-state index contributed by atoms with van der Waals surface area (Å²) in [6, 6.07) is -1.20. The normalized spacial score (nSPS) is 42.0. The molecule has 11 atom stereocenters. The van der Waals surface area contributed by atoms with E-state index in [2.05, 4.69) is 30.3 Å². The van der Waals surface area contributed by atoms with Crippen molar-refractivity contribution in [1.29, 1.82) is 5.41 Å². The number of carbonyl (C=O) groups excluding carboxylic acids is 1. The molecule has 20 nitrogen and oxygen atoms in total. The SMILES string of the molecule is N=C1N=C2C(N=CN2[C@@H]2O[C@@H]3COP(O)(=S)O[C@H]4[C@H](F)[C@H](n5cnc6c(N)ncnc65)O[C@@H]4COP(=O)(O)O[C@@H]2[C@@H]3F)C(=O)N1. The Morgan fingerprint density at radius 2 is 1.82 bits per heavy atom. The van der Waals surface area contributed by atoms with Crippen LogP contribution in [0.3, 0.4) is 0 Å². The summed E-state index contributed by atoms with van der Waals surface area (Å²) in [6.07, 6.45) is -10.7. The van der Waals surface area contributed by atoms with E-state index in [-0.39, 0.29) is 22.8 Å². The van der Waals surface area contributed by atoms with Gasteiger partial charge in [-0.25, -0.2) is 28.3 Å². The summed E-state index contributed by atoms with van der Waals surface area (Å²) < 4.78 is 78.6. The van der Waals surface area contributed by atoms with Crippen molar-refractivity contribution in [2.45, 2.75) is 55.3 Å². The number of carbonyl (C=O) groups is 1. The Hall–Kier alpha value is -2.95. The predicted octanol–water partition coefficient (Wildman–Crippen LogP) is -0.983. The van der Waals surface area contributed by atoms with Crippen molar-refractivity contribution in [2.24, 2.45) is 9.98 Å². The lowest BCUT2D eigenvalue weighted by Gasteiger charge is -2.31. The lowest BCUT2D eigenvalue weighted by molar-refractivity contribution is -0.119. The highest BCUT2D eigenvalue weighted by Gasteiger charge is 2.56. The summed E-state index contributed by atoms with van der Waals surface area (Å²) in [4.78, 5) is 54.7. The molecule has 5 aliphatic heterocycles. The van der Waals surface area contributed by atoms with E-state index in [1.165, 1.54) is 10.9 Å². The Labute approximate surface area is 254 Å². The molecule has 3 fully saturated rings. The monoisotopic (exact) mass is 694 g/mol. The average molecular weight is 694 g/mol. The van der Waals surface area contributed by atoms with Crippen molar-refractivity contribution >= 4 is 67.4 Å². The number of nitrogens with zero attached hydrogens (tertiary/aromatic N) is 7. The molecule has 7 heterocycles. The Morgan fingerprint density at radius 3 is 2.62 bits per heavy atom. The van der Waals surface area contributed by atoms with Crippen molar-refractivity contribution in [2.75, 3.05) is 18.9 Å². The number of alkyl halides is 2. The number of amidine groups is 1. The van der Waals surface area contributed by atoms with E-state index in [0.717, 1.165) is 17.6 Å². The molecule has 3 unspecified atom stereocenters. The fraction of sp³-hybridized carbons (Fsp3) is 0.550. The van der Waals surface area contributed by atoms with E-state index < -0.39 is 94.9 Å². The van der Waals surface area contributed by atoms with E-state index in [1.807, 2.05) is 0 Å². The van der Waals surface area contributed by atoms with E-state index in [1.54, 1.807) is 0 Å². The summed E-state index contributed by atoms with van der Waals surface area (Å²) in [5.74, 6) is -1.34. The van der Waals surface area contributed by atoms with Gasteiger partial charge in [0, 0.05) is 0 Å². The number of halogens is 2. The van der Waals surface area contributed by atoms with E-state index >= 15 is 8.78 Å². The molecule has 0 aromatic carbocycles. The van der Waals surface area contributed by atoms with Gasteiger partial charge in [0.2, 0.25) is 5.96 Å². The Balaban J connectivity index is 1.17. The molecular formula is C20H22F2N10O10P2S. The highest BCUT2D eigenvalue weighted by atomic mass is 32.5. The second-order valence-corrected chi connectivity index (χ2v) is 14.3. The second-order valence-electron chi connectivity index (χ2n) is 10.2. The van der Waals surface area contributed by atoms with Crippen LogP contribution in [0.15, 0.2) is 22.6 Å². The Kier molecular flexibility index (Phi) is 7.56. The first-order valence-electron chi connectivity index (χ1n) is 12.9. The maximum atomic E-state index is 15.9. The maximum Gasteiger partial charge on any atom is 0.472 e. The van der Waals surface area contributed by atoms with Gasteiger partial charge >= 0.3 is 14.5 Å². The number of rotatable bonds is 2. The van der Waals surface area contributed by atoms with Crippen LogP contribution in [0.4, 0.5) is 14.6 Å². The third kappa shape index (κ3) is 5.46. The molecule has 2 aromatic rings. The summed E-state index contributed by atoms with van der Waals surface area (Å²) in [5.41, 5.74) is 6.06. The van der Waals surface area contributed by atoms with Crippen LogP contribution >= 0.6 is 14.5 Å². The lowest BCUT2D eigenvalue weighted by Crippen LogP contribution is -2.53. The summed E-state index contributed by atoms with van der Waals surface area (Å²) in [5, 5.41) is 9.91. The van der Waals surface area contributed by atoms with Crippen molar-refractivity contribution < 1.29 is 55.5 Å². The molecule has 5 aliphatic rings. The van der Waals surface area contributed by atoms with Crippen LogP contribution in [-0.4, -0.2) is 120 Å². The molecule has 3 saturated heterocycles. The summed E-state index contributed by atoms with van der Waals surface area (Å²) >= 11 is 5.08. The number of phosphoric acid groups is 1. The number of phosphoric ester groups is 1. The largest absolute Gasteiger partial charge is 0.472 e. The third-order valence-electron chi connectivity index (χ3n) is 7.35. The molecule has 6 N–H and O–H groups in total. The number of guanidine groups is 1. The standard InChI is InChI=1S/C20H22F2N10O10P2S/c21-8-6-1-38-44(36,45)42-12-7(40-18(9(12)22)31-4-27-10-14(23)25-3-26-15(10)31)2-37-43(34,35)41-13(8)19(39-6)32-5-28-11-16(32)29-20(24)30-17(11)33/h3-9,11-13,18-19H,1-2H2,(H,34,35)(H,36,45)(H2,23,25,26)(H2,24,30,33)/t6-,7-,8-,9+,11?,12-,13-,18-,19-,44?/m1/s1. The van der Waals surface area contributed by atoms with Gasteiger partial charge in [-0.3, -0.25) is 43.6 Å². The fourth-order valence-corrected chi connectivity index (χ4v) is 7.70. The summed E-state index contributed by atoms with van der Waals surface area (Å²) in [6.45, 7) is -6.02. The number of nitrogens with two attached hydrogens (primary N) is 1. The van der Waals surface area contributed by atoms with Crippen LogP contribution in [0.1, 0.15) is 6.23 Å². The molecule has 2 aromatic heterocycles. The van der Waals surface area contributed by atoms with Crippen LogP contribution in [0, 0.1) is 5.41 Å². The van der Waals surface area contributed by atoms with Crippen molar-refractivity contribution in [3.8, 4) is 0 Å². The minimum atomic E-state index is -5.19. The lowest BCUT2D eigenvalue weighted by atomic mass is 10.1. The molecular weight excluding hydrogens is 672 g/mol. The van der Waals surface area contributed by atoms with Gasteiger partial charge in [-0.05, 0) is 11.8 Å². The van der Waals surface area contributed by atoms with Crippen LogP contribution < -0.4 is 11.1 Å². The average Bonchev–Trinajstić information content (AvgIpc) is 3.72. The Bertz CT molecular complexity index is 1740. The molecule has 0 saturated carbocycles. The molecule has 1 amide bonds. The zero-order valence-electron chi connectivity index (χ0n) is 22.3. The number of nitrogen functional groups attached to an aromatic ring is 1. The van der Waals surface area contributed by atoms with Crippen molar-refractivity contribution in [3.05, 3.63) is 12.7 Å². The first kappa shape index (κ1) is 30.7. The molecule has 0 aliphatic carbocycles. The van der Waals surface area contributed by atoms with E-state index in [9.17, 15) is 19.1 Å². The minimum Gasteiger partial charge on any atom is -0.382 e. The molecule has 25 heteroatoms. The minimum absolute atomic E-state index is 0.0149. The zero-order chi connectivity index (χ0) is 31.8. The number of nitrogens with one attached hydrogen (secondary N) is 2. The number of hydrogen-bond acceptors (Lipinski definition) is 16. The number of amides is 1.